The topological polar surface area (TPSA) is 308 Å². The number of benzene rings is 1. The van der Waals surface area contributed by atoms with Crippen LogP contribution in [-0.4, -0.2) is 127 Å². The molecule has 1 aromatic carbocycles. The Bertz CT molecular complexity index is 2700. The fourth-order valence-corrected chi connectivity index (χ4v) is 7.39. The quantitative estimate of drug-likeness (QED) is 0.0250. The van der Waals surface area contributed by atoms with Crippen molar-refractivity contribution in [2.24, 2.45) is 17.2 Å². The number of carbonyl (C=O) groups excluding carboxylic acids is 6. The summed E-state index contributed by atoms with van der Waals surface area (Å²) in [6, 6.07) is 5.23. The number of rotatable bonds is 17. The predicted octanol–water partition coefficient (Wildman–Crippen LogP) is 5.40. The van der Waals surface area contributed by atoms with Gasteiger partial charge < -0.3 is 48.3 Å². The molecule has 1 unspecified atom stereocenters. The number of thiazole rings is 1. The molecule has 25 nitrogen and oxygen atoms in total. The van der Waals surface area contributed by atoms with Gasteiger partial charge in [-0.25, -0.2) is 24.2 Å². The normalized spacial score (nSPS) is 16.0. The van der Waals surface area contributed by atoms with E-state index < -0.39 is 98.9 Å². The maximum atomic E-state index is 14.0. The minimum atomic E-state index is -5.11. The van der Waals surface area contributed by atoms with E-state index in [-0.39, 0.29) is 28.7 Å². The standard InChI is InChI=1S/C45H65N9O16S2/c1-41(2,3)65-35(57)30(69-51-31(28-25-71-36(47-28)49-39(59)67-43(7,8)9)33(55)48-32-34(56)54(45(32,13)14)70-72(61,62)63)24-64-27-19-17-26(18-20-27)29-23-53(22-16-21-46-38(58)66-42(4,5)6)37(52(29)15)50-40(60)68-44(10,11)12/h17-20,23,25,30,32H,16,21-22,24H2,1-15H3,(H,46,58)(H,48,55)(H,47,49,59)(H,61,62,63)/b50-37?,51-31-/t30?,32-/m1/s1. The number of β-lactam (4-membered cyclic amide) rings is 1. The van der Waals surface area contributed by atoms with Crippen LogP contribution in [0.4, 0.5) is 19.5 Å². The number of alkyl carbamates (subject to hydrolysis) is 1. The average molecular weight is 1050 g/mol. The van der Waals surface area contributed by atoms with E-state index >= 15 is 0 Å². The maximum absolute atomic E-state index is 14.0. The summed E-state index contributed by atoms with van der Waals surface area (Å²) < 4.78 is 67.5. The molecule has 3 heterocycles. The van der Waals surface area contributed by atoms with E-state index in [4.69, 9.17) is 28.5 Å². The highest BCUT2D eigenvalue weighted by molar-refractivity contribution is 7.80. The molecular weight excluding hydrogens is 987 g/mol. The molecule has 3 aromatic rings. The van der Waals surface area contributed by atoms with Crippen LogP contribution in [0.3, 0.4) is 0 Å². The largest absolute Gasteiger partial charge is 0.489 e. The van der Waals surface area contributed by atoms with Crippen LogP contribution in [-0.2, 0) is 66.4 Å². The zero-order valence-corrected chi connectivity index (χ0v) is 44.7. The number of anilines is 1. The fourth-order valence-electron chi connectivity index (χ4n) is 6.26. The molecular formula is C45H65N9O16S2. The molecule has 0 radical (unpaired) electrons. The molecule has 0 saturated carbocycles. The summed E-state index contributed by atoms with van der Waals surface area (Å²) in [5.74, 6) is -2.83. The van der Waals surface area contributed by atoms with Crippen LogP contribution in [0.25, 0.3) is 11.3 Å². The summed E-state index contributed by atoms with van der Waals surface area (Å²) in [5, 5.41) is 13.2. The summed E-state index contributed by atoms with van der Waals surface area (Å²) in [4.78, 5) is 92.4. The van der Waals surface area contributed by atoms with Crippen molar-refractivity contribution in [1.82, 2.24) is 29.8 Å². The van der Waals surface area contributed by atoms with E-state index in [2.05, 4.69) is 35.4 Å². The molecule has 398 valence electrons. The molecule has 1 aliphatic rings. The number of nitrogens with one attached hydrogen (secondary N) is 3. The number of hydrogen-bond acceptors (Lipinski definition) is 18. The van der Waals surface area contributed by atoms with Gasteiger partial charge in [0.25, 0.3) is 17.9 Å². The second-order valence-electron chi connectivity index (χ2n) is 20.7. The van der Waals surface area contributed by atoms with Crippen LogP contribution in [0.5, 0.6) is 5.75 Å². The molecule has 27 heteroatoms. The number of nitrogens with zero attached hydrogens (tertiary/aromatic N) is 6. The van der Waals surface area contributed by atoms with Crippen molar-refractivity contribution in [2.45, 2.75) is 150 Å². The zero-order valence-electron chi connectivity index (χ0n) is 43.0. The van der Waals surface area contributed by atoms with E-state index in [1.54, 1.807) is 130 Å². The summed E-state index contributed by atoms with van der Waals surface area (Å²) in [5.41, 5.74) is -4.10. The first-order chi connectivity index (χ1) is 32.9. The Morgan fingerprint density at radius 1 is 0.875 bits per heavy atom. The predicted molar refractivity (Wildman–Crippen MR) is 260 cm³/mol. The Balaban J connectivity index is 1.63. The Morgan fingerprint density at radius 3 is 2.01 bits per heavy atom. The number of carbonyl (C=O) groups is 6. The van der Waals surface area contributed by atoms with Crippen molar-refractivity contribution in [3.05, 3.63) is 47.2 Å². The lowest BCUT2D eigenvalue weighted by molar-refractivity contribution is -0.218. The highest BCUT2D eigenvalue weighted by Gasteiger charge is 2.58. The Morgan fingerprint density at radius 2 is 1.46 bits per heavy atom. The third-order valence-electron chi connectivity index (χ3n) is 9.21. The van der Waals surface area contributed by atoms with Gasteiger partial charge in [-0.1, -0.05) is 5.16 Å². The number of oxime groups is 1. The molecule has 1 fully saturated rings. The monoisotopic (exact) mass is 1050 g/mol. The van der Waals surface area contributed by atoms with Crippen molar-refractivity contribution in [1.29, 1.82) is 0 Å². The number of amides is 5. The van der Waals surface area contributed by atoms with Gasteiger partial charge in [0.1, 0.15) is 46.5 Å². The molecule has 0 aliphatic carbocycles. The molecule has 0 spiro atoms. The Hall–Kier alpha value is -6.58. The number of imidazole rings is 1. The summed E-state index contributed by atoms with van der Waals surface area (Å²) in [6.07, 6.45) is -1.62. The first-order valence-corrected chi connectivity index (χ1v) is 24.6. The van der Waals surface area contributed by atoms with Crippen LogP contribution in [0.2, 0.25) is 0 Å². The van der Waals surface area contributed by atoms with Gasteiger partial charge in [0.15, 0.2) is 10.8 Å². The van der Waals surface area contributed by atoms with Crippen molar-refractivity contribution in [3.63, 3.8) is 0 Å². The number of hydrogen-bond donors (Lipinski definition) is 4. The third kappa shape index (κ3) is 17.6. The lowest BCUT2D eigenvalue weighted by Gasteiger charge is -2.50. The number of aryl methyl sites for hydroxylation is 1. The SMILES string of the molecule is Cn1c(-c2ccc(OCC(O/N=C(\C(=O)N[C@@H]3C(=O)N(OS(=O)(=O)O)C3(C)C)c3csc(NC(=O)OC(C)(C)C)n3)C(=O)OC(C)(C)C)cc2)cn(CCCNC(=O)OC(C)(C)C)c1=NC(=O)OC(C)(C)C. The second kappa shape index (κ2) is 22.5. The zero-order chi connectivity index (χ0) is 54.4. The van der Waals surface area contributed by atoms with Crippen LogP contribution in [0.1, 0.15) is 109 Å². The molecule has 4 rings (SSSR count). The van der Waals surface area contributed by atoms with Gasteiger partial charge in [-0.3, -0.25) is 19.5 Å². The number of esters is 1. The molecule has 1 saturated heterocycles. The number of hydroxylamine groups is 2. The van der Waals surface area contributed by atoms with Gasteiger partial charge in [0, 0.05) is 31.7 Å². The molecule has 1 aliphatic heterocycles. The fraction of sp³-hybridized carbons (Fsp3) is 0.578. The van der Waals surface area contributed by atoms with E-state index in [1.165, 1.54) is 19.2 Å². The van der Waals surface area contributed by atoms with E-state index in [9.17, 15) is 41.7 Å². The summed E-state index contributed by atoms with van der Waals surface area (Å²) in [6.45, 7) is 23.0. The van der Waals surface area contributed by atoms with Crippen LogP contribution < -0.4 is 26.3 Å². The molecule has 72 heavy (non-hydrogen) atoms. The maximum Gasteiger partial charge on any atom is 0.437 e. The highest BCUT2D eigenvalue weighted by atomic mass is 32.3. The van der Waals surface area contributed by atoms with Crippen LogP contribution >= 0.6 is 11.3 Å². The van der Waals surface area contributed by atoms with Gasteiger partial charge in [-0.2, -0.15) is 13.5 Å². The van der Waals surface area contributed by atoms with Gasteiger partial charge in [0.2, 0.25) is 5.62 Å². The summed E-state index contributed by atoms with van der Waals surface area (Å²) in [7, 11) is -3.39. The average Bonchev–Trinajstić information content (AvgIpc) is 3.78. The van der Waals surface area contributed by atoms with E-state index in [0.717, 1.165) is 11.3 Å². The lowest BCUT2D eigenvalue weighted by Crippen LogP contribution is -2.76. The summed E-state index contributed by atoms with van der Waals surface area (Å²) >= 11 is 0.872. The second-order valence-corrected chi connectivity index (χ2v) is 22.6. The Kier molecular flexibility index (Phi) is 18.1. The van der Waals surface area contributed by atoms with Gasteiger partial charge >= 0.3 is 34.6 Å². The van der Waals surface area contributed by atoms with Gasteiger partial charge in [0.05, 0.1) is 11.2 Å². The van der Waals surface area contributed by atoms with Gasteiger partial charge in [-0.05, 0) is 133 Å². The van der Waals surface area contributed by atoms with Crippen molar-refractivity contribution >= 4 is 68.6 Å². The molecule has 2 aromatic heterocycles. The Labute approximate surface area is 421 Å². The van der Waals surface area contributed by atoms with Crippen molar-refractivity contribution < 1.29 is 74.5 Å². The number of ether oxygens (including phenoxy) is 5. The van der Waals surface area contributed by atoms with Crippen LogP contribution in [0.15, 0.2) is 46.0 Å². The lowest BCUT2D eigenvalue weighted by atomic mass is 9.84. The molecule has 5 amide bonds. The third-order valence-corrected chi connectivity index (χ3v) is 10.3. The molecule has 0 bridgehead atoms. The molecule has 4 N–H and O–H groups in total. The smallest absolute Gasteiger partial charge is 0.437 e. The number of aromatic nitrogens is 3. The molecule has 2 atom stereocenters. The first-order valence-electron chi connectivity index (χ1n) is 22.4. The van der Waals surface area contributed by atoms with E-state index in [1.807, 2.05) is 0 Å². The van der Waals surface area contributed by atoms with Crippen LogP contribution in [0, 0.1) is 0 Å². The minimum Gasteiger partial charge on any atom is -0.489 e. The highest BCUT2D eigenvalue weighted by Crippen LogP contribution is 2.33. The van der Waals surface area contributed by atoms with Crippen molar-refractivity contribution in [3.8, 4) is 17.0 Å². The van der Waals surface area contributed by atoms with Gasteiger partial charge in [-0.15, -0.1) is 20.6 Å². The minimum absolute atomic E-state index is 0.0330. The van der Waals surface area contributed by atoms with E-state index in [0.29, 0.717) is 29.3 Å². The first kappa shape index (κ1) is 58.0. The van der Waals surface area contributed by atoms with Crippen molar-refractivity contribution in [2.75, 3.05) is 18.5 Å².